The van der Waals surface area contributed by atoms with Crippen molar-refractivity contribution in [1.29, 1.82) is 0 Å². The first-order valence-electron chi connectivity index (χ1n) is 14.0. The number of hydrogen-bond acceptors (Lipinski definition) is 10. The molecule has 0 unspecified atom stereocenters. The highest BCUT2D eigenvalue weighted by Gasteiger charge is 2.25. The predicted molar refractivity (Wildman–Crippen MR) is 173 cm³/mol. The zero-order valence-corrected chi connectivity index (χ0v) is 27.7. The maximum Gasteiger partial charge on any atom is 0.339 e. The molecule has 10 nitrogen and oxygen atoms in total. The molecule has 5 aromatic rings. The SMILES string of the molecule is Cc1ccc(S(=O)(=O)Oc2ccc(C(=O)c3ccc(OS(=O)(=O)c4ccc(C)cc4)cc3OS(=O)(=O)c3ccc(C)cc3)cc2)cc1. The monoisotopic (exact) mass is 692 g/mol. The van der Waals surface area contributed by atoms with Crippen LogP contribution in [0, 0.1) is 20.8 Å². The van der Waals surface area contributed by atoms with E-state index in [1.807, 2.05) is 6.92 Å². The molecule has 0 aromatic heterocycles. The molecular weight excluding hydrogens is 665 g/mol. The highest BCUT2D eigenvalue weighted by atomic mass is 32.2. The molecule has 5 aromatic carbocycles. The molecule has 0 aliphatic rings. The van der Waals surface area contributed by atoms with Gasteiger partial charge < -0.3 is 12.5 Å². The summed E-state index contributed by atoms with van der Waals surface area (Å²) in [5, 5.41) is 0. The molecule has 5 rings (SSSR count). The lowest BCUT2D eigenvalue weighted by atomic mass is 10.0. The first-order chi connectivity index (χ1) is 22.1. The van der Waals surface area contributed by atoms with Gasteiger partial charge in [-0.1, -0.05) is 53.1 Å². The number of carbonyl (C=O) groups excluding carboxylic acids is 1. The van der Waals surface area contributed by atoms with Crippen LogP contribution in [0.1, 0.15) is 32.6 Å². The van der Waals surface area contributed by atoms with E-state index in [-0.39, 0.29) is 37.3 Å². The highest BCUT2D eigenvalue weighted by Crippen LogP contribution is 2.32. The average Bonchev–Trinajstić information content (AvgIpc) is 3.01. The summed E-state index contributed by atoms with van der Waals surface area (Å²) in [7, 11) is -13.0. The predicted octanol–water partition coefficient (Wildman–Crippen LogP) is 6.15. The van der Waals surface area contributed by atoms with Crippen molar-refractivity contribution < 1.29 is 42.6 Å². The Hall–Kier alpha value is -4.98. The molecular formula is C34H28O10S3. The number of benzene rings is 5. The zero-order valence-electron chi connectivity index (χ0n) is 25.3. The van der Waals surface area contributed by atoms with Gasteiger partial charge in [0.1, 0.15) is 26.2 Å². The fourth-order valence-corrected chi connectivity index (χ4v) is 7.05. The van der Waals surface area contributed by atoms with E-state index >= 15 is 0 Å². The molecule has 47 heavy (non-hydrogen) atoms. The van der Waals surface area contributed by atoms with Gasteiger partial charge in [0.25, 0.3) is 0 Å². The van der Waals surface area contributed by atoms with Gasteiger partial charge in [-0.15, -0.1) is 0 Å². The highest BCUT2D eigenvalue weighted by molar-refractivity contribution is 7.87. The summed E-state index contributed by atoms with van der Waals surface area (Å²) in [5.74, 6) is -1.57. The summed E-state index contributed by atoms with van der Waals surface area (Å²) in [6, 6.07) is 26.3. The number of ketones is 1. The van der Waals surface area contributed by atoms with Crippen LogP contribution in [0.4, 0.5) is 0 Å². The van der Waals surface area contributed by atoms with Gasteiger partial charge in [0.05, 0.1) is 5.56 Å². The number of hydrogen-bond donors (Lipinski definition) is 0. The van der Waals surface area contributed by atoms with Crippen LogP contribution in [0.25, 0.3) is 0 Å². The van der Waals surface area contributed by atoms with Crippen LogP contribution in [0.5, 0.6) is 17.2 Å². The van der Waals surface area contributed by atoms with Crippen LogP contribution < -0.4 is 12.5 Å². The van der Waals surface area contributed by atoms with Gasteiger partial charge in [-0.05, 0) is 93.6 Å². The third-order valence-corrected chi connectivity index (χ3v) is 10.6. The van der Waals surface area contributed by atoms with Crippen molar-refractivity contribution in [1.82, 2.24) is 0 Å². The van der Waals surface area contributed by atoms with Gasteiger partial charge in [-0.25, -0.2) is 0 Å². The van der Waals surface area contributed by atoms with Crippen LogP contribution in [0.2, 0.25) is 0 Å². The second-order valence-electron chi connectivity index (χ2n) is 10.6. The van der Waals surface area contributed by atoms with E-state index in [0.29, 0.717) is 0 Å². The second-order valence-corrected chi connectivity index (χ2v) is 15.2. The Balaban J connectivity index is 1.47. The molecule has 0 spiro atoms. The van der Waals surface area contributed by atoms with E-state index < -0.39 is 41.9 Å². The van der Waals surface area contributed by atoms with Crippen molar-refractivity contribution in [3.63, 3.8) is 0 Å². The molecule has 0 aliphatic heterocycles. The topological polar surface area (TPSA) is 147 Å². The van der Waals surface area contributed by atoms with Crippen molar-refractivity contribution in [2.24, 2.45) is 0 Å². The molecule has 0 fully saturated rings. The third kappa shape index (κ3) is 7.88. The van der Waals surface area contributed by atoms with Crippen molar-refractivity contribution in [3.8, 4) is 17.2 Å². The summed E-state index contributed by atoms with van der Waals surface area (Å²) >= 11 is 0. The largest absolute Gasteiger partial charge is 0.379 e. The Morgan fingerprint density at radius 3 is 1.23 bits per heavy atom. The molecule has 0 atom stereocenters. The zero-order chi connectivity index (χ0) is 34.0. The van der Waals surface area contributed by atoms with Gasteiger partial charge in [0.15, 0.2) is 11.5 Å². The summed E-state index contributed by atoms with van der Waals surface area (Å²) in [5.41, 5.74) is 2.30. The maximum absolute atomic E-state index is 13.6. The number of carbonyl (C=O) groups is 1. The van der Waals surface area contributed by atoms with E-state index in [9.17, 15) is 30.0 Å². The smallest absolute Gasteiger partial charge is 0.339 e. The van der Waals surface area contributed by atoms with Crippen molar-refractivity contribution in [3.05, 3.63) is 143 Å². The van der Waals surface area contributed by atoms with E-state index in [0.717, 1.165) is 22.8 Å². The molecule has 13 heteroatoms. The van der Waals surface area contributed by atoms with E-state index in [1.54, 1.807) is 50.2 Å². The van der Waals surface area contributed by atoms with Crippen molar-refractivity contribution in [2.45, 2.75) is 35.5 Å². The molecule has 0 amide bonds. The number of rotatable bonds is 11. The summed E-state index contributed by atoms with van der Waals surface area (Å²) < 4.78 is 93.6. The minimum Gasteiger partial charge on any atom is -0.379 e. The Morgan fingerprint density at radius 1 is 0.447 bits per heavy atom. The maximum atomic E-state index is 13.6. The fraction of sp³-hybridized carbons (Fsp3) is 0.0882. The van der Waals surface area contributed by atoms with Gasteiger partial charge in [0, 0.05) is 11.6 Å². The molecule has 0 radical (unpaired) electrons. The quantitative estimate of drug-likeness (QED) is 0.117. The lowest BCUT2D eigenvalue weighted by molar-refractivity contribution is 0.103. The lowest BCUT2D eigenvalue weighted by Gasteiger charge is -2.14. The van der Waals surface area contributed by atoms with Gasteiger partial charge in [-0.2, -0.15) is 25.3 Å². The molecule has 0 heterocycles. The second kappa shape index (κ2) is 13.0. The van der Waals surface area contributed by atoms with Gasteiger partial charge in [-0.3, -0.25) is 4.79 Å². The van der Waals surface area contributed by atoms with Crippen LogP contribution in [-0.2, 0) is 30.4 Å². The van der Waals surface area contributed by atoms with Crippen LogP contribution in [-0.4, -0.2) is 31.0 Å². The van der Waals surface area contributed by atoms with Crippen LogP contribution in [0.15, 0.2) is 130 Å². The minimum atomic E-state index is -4.49. The third-order valence-electron chi connectivity index (χ3n) is 6.85. The molecule has 0 aliphatic carbocycles. The standard InChI is InChI=1S/C34H28O10S3/c1-23-4-15-29(16-5-23)45(36,37)42-27-12-10-26(11-13-27)34(35)32-21-14-28(43-46(38,39)30-17-6-24(2)7-18-30)22-33(32)44-47(40,41)31-19-8-25(3)9-20-31/h4-22H,1-3H3. The van der Waals surface area contributed by atoms with Gasteiger partial charge >= 0.3 is 30.4 Å². The Morgan fingerprint density at radius 2 is 0.809 bits per heavy atom. The first kappa shape index (κ1) is 33.4. The fourth-order valence-electron chi connectivity index (χ4n) is 4.26. The van der Waals surface area contributed by atoms with E-state index in [1.165, 1.54) is 72.8 Å². The Labute approximate surface area is 273 Å². The minimum absolute atomic E-state index is 0.0311. The molecule has 0 N–H and O–H groups in total. The van der Waals surface area contributed by atoms with Crippen molar-refractivity contribution >= 4 is 36.1 Å². The van der Waals surface area contributed by atoms with Crippen LogP contribution in [0.3, 0.4) is 0 Å². The Bertz CT molecular complexity index is 2260. The summed E-state index contributed by atoms with van der Waals surface area (Å²) in [4.78, 5) is 13.3. The summed E-state index contributed by atoms with van der Waals surface area (Å²) in [6.45, 7) is 5.38. The van der Waals surface area contributed by atoms with Gasteiger partial charge in [0.2, 0.25) is 0 Å². The first-order valence-corrected chi connectivity index (χ1v) is 18.2. The molecule has 0 saturated carbocycles. The molecule has 242 valence electrons. The van der Waals surface area contributed by atoms with Crippen molar-refractivity contribution in [2.75, 3.05) is 0 Å². The Kier molecular flexibility index (Phi) is 9.25. The lowest BCUT2D eigenvalue weighted by Crippen LogP contribution is -2.14. The van der Waals surface area contributed by atoms with E-state index in [2.05, 4.69) is 0 Å². The average molecular weight is 693 g/mol. The van der Waals surface area contributed by atoms with E-state index in [4.69, 9.17) is 12.5 Å². The molecule has 0 bridgehead atoms. The number of aryl methyl sites for hydroxylation is 3. The normalized spacial score (nSPS) is 11.9. The molecule has 0 saturated heterocycles. The van der Waals surface area contributed by atoms with Crippen LogP contribution >= 0.6 is 0 Å². The summed E-state index contributed by atoms with van der Waals surface area (Å²) in [6.07, 6.45) is 0.